The van der Waals surface area contributed by atoms with Crippen LogP contribution in [-0.2, 0) is 18.9 Å². The van der Waals surface area contributed by atoms with Crippen molar-refractivity contribution in [2.45, 2.75) is 41.5 Å². The standard InChI is InChI=1S/C11H18Br2O4/c1-2-3-10(12)11(13,16-6-8-4-14-8)17-7-9-5-15-9/h8-10H,2-7H2,1H3. The number of hydrogen-bond acceptors (Lipinski definition) is 4. The molecule has 3 atom stereocenters. The number of epoxide rings is 2. The summed E-state index contributed by atoms with van der Waals surface area (Å²) in [4.78, 5) is 0.109. The van der Waals surface area contributed by atoms with Gasteiger partial charge in [0.05, 0.1) is 31.3 Å². The third kappa shape index (κ3) is 4.76. The van der Waals surface area contributed by atoms with Gasteiger partial charge in [-0.05, 0) is 22.4 Å². The normalized spacial score (nSPS) is 31.9. The van der Waals surface area contributed by atoms with E-state index in [1.165, 1.54) is 0 Å². The van der Waals surface area contributed by atoms with E-state index < -0.39 is 4.70 Å². The van der Waals surface area contributed by atoms with Crippen LogP contribution in [-0.4, -0.2) is 48.2 Å². The average molecular weight is 374 g/mol. The van der Waals surface area contributed by atoms with Crippen molar-refractivity contribution < 1.29 is 18.9 Å². The maximum absolute atomic E-state index is 5.81. The molecule has 2 aliphatic rings. The number of ether oxygens (including phenoxy) is 4. The molecule has 0 aromatic heterocycles. The highest BCUT2D eigenvalue weighted by atomic mass is 79.9. The van der Waals surface area contributed by atoms with Crippen LogP contribution in [0.1, 0.15) is 19.8 Å². The van der Waals surface area contributed by atoms with Gasteiger partial charge >= 0.3 is 0 Å². The Bertz CT molecular complexity index is 228. The van der Waals surface area contributed by atoms with Gasteiger partial charge in [-0.1, -0.05) is 29.3 Å². The summed E-state index contributed by atoms with van der Waals surface area (Å²) in [5.41, 5.74) is 0. The predicted octanol–water partition coefficient (Wildman–Crippen LogP) is 2.43. The maximum Gasteiger partial charge on any atom is 0.239 e. The number of rotatable bonds is 9. The summed E-state index contributed by atoms with van der Waals surface area (Å²) < 4.78 is 21.1. The van der Waals surface area contributed by atoms with Crippen LogP contribution in [0.2, 0.25) is 0 Å². The first-order valence-corrected chi connectivity index (χ1v) is 7.69. The number of hydrogen-bond donors (Lipinski definition) is 0. The minimum Gasteiger partial charge on any atom is -0.371 e. The monoisotopic (exact) mass is 372 g/mol. The highest BCUT2D eigenvalue weighted by Crippen LogP contribution is 2.35. The minimum absolute atomic E-state index is 0.109. The van der Waals surface area contributed by atoms with Crippen molar-refractivity contribution in [1.82, 2.24) is 0 Å². The van der Waals surface area contributed by atoms with Crippen molar-refractivity contribution in [1.29, 1.82) is 0 Å². The SMILES string of the molecule is CCCC(Br)C(Br)(OCC1CO1)OCC1CO1. The fourth-order valence-electron chi connectivity index (χ4n) is 1.39. The van der Waals surface area contributed by atoms with Gasteiger partial charge in [0.15, 0.2) is 0 Å². The topological polar surface area (TPSA) is 43.5 Å². The zero-order valence-corrected chi connectivity index (χ0v) is 13.0. The van der Waals surface area contributed by atoms with E-state index in [0.717, 1.165) is 26.1 Å². The lowest BCUT2D eigenvalue weighted by molar-refractivity contribution is -0.169. The molecule has 2 saturated heterocycles. The van der Waals surface area contributed by atoms with Gasteiger partial charge in [-0.2, -0.15) is 0 Å². The Morgan fingerprint density at radius 1 is 1.24 bits per heavy atom. The van der Waals surface area contributed by atoms with Crippen LogP contribution in [0, 0.1) is 0 Å². The minimum atomic E-state index is -0.777. The molecule has 0 radical (unpaired) electrons. The highest BCUT2D eigenvalue weighted by molar-refractivity contribution is 9.12. The average Bonchev–Trinajstić information content (AvgIpc) is 3.17. The van der Waals surface area contributed by atoms with Crippen LogP contribution in [0.25, 0.3) is 0 Å². The Hall–Kier alpha value is 0.800. The van der Waals surface area contributed by atoms with Gasteiger partial charge in [-0.3, -0.25) is 0 Å². The van der Waals surface area contributed by atoms with Gasteiger partial charge < -0.3 is 18.9 Å². The molecule has 0 amide bonds. The second-order valence-corrected chi connectivity index (χ2v) is 6.58. The molecule has 17 heavy (non-hydrogen) atoms. The first-order valence-electron chi connectivity index (χ1n) is 5.98. The van der Waals surface area contributed by atoms with E-state index in [9.17, 15) is 0 Å². The lowest BCUT2D eigenvalue weighted by atomic mass is 10.2. The third-order valence-electron chi connectivity index (χ3n) is 2.65. The van der Waals surface area contributed by atoms with E-state index in [1.54, 1.807) is 0 Å². The summed E-state index contributed by atoms with van der Waals surface area (Å²) >= 11 is 7.19. The van der Waals surface area contributed by atoms with Crippen LogP contribution in [0.4, 0.5) is 0 Å². The van der Waals surface area contributed by atoms with Crippen LogP contribution in [0.5, 0.6) is 0 Å². The number of alkyl halides is 2. The first-order chi connectivity index (χ1) is 8.14. The molecule has 100 valence electrons. The molecule has 3 unspecified atom stereocenters. The van der Waals surface area contributed by atoms with Gasteiger partial charge in [0.25, 0.3) is 0 Å². The van der Waals surface area contributed by atoms with E-state index in [-0.39, 0.29) is 17.0 Å². The summed E-state index contributed by atoms with van der Waals surface area (Å²) in [6.07, 6.45) is 2.50. The summed E-state index contributed by atoms with van der Waals surface area (Å²) in [6.45, 7) is 4.83. The quantitative estimate of drug-likeness (QED) is 0.353. The van der Waals surface area contributed by atoms with Gasteiger partial charge in [0, 0.05) is 0 Å². The van der Waals surface area contributed by atoms with E-state index in [1.807, 2.05) is 0 Å². The molecule has 0 aromatic rings. The van der Waals surface area contributed by atoms with E-state index in [2.05, 4.69) is 38.8 Å². The Morgan fingerprint density at radius 2 is 1.71 bits per heavy atom. The fraction of sp³-hybridized carbons (Fsp3) is 1.00. The molecule has 0 N–H and O–H groups in total. The van der Waals surface area contributed by atoms with Crippen LogP contribution < -0.4 is 0 Å². The molecule has 0 aromatic carbocycles. The summed E-state index contributed by atoms with van der Waals surface area (Å²) in [5, 5.41) is 0. The lowest BCUT2D eigenvalue weighted by Gasteiger charge is -2.32. The summed E-state index contributed by atoms with van der Waals surface area (Å²) in [7, 11) is 0. The summed E-state index contributed by atoms with van der Waals surface area (Å²) in [6, 6.07) is 0. The molecule has 0 bridgehead atoms. The largest absolute Gasteiger partial charge is 0.371 e. The van der Waals surface area contributed by atoms with Crippen molar-refractivity contribution in [3.05, 3.63) is 0 Å². The molecule has 0 spiro atoms. The molecule has 2 rings (SSSR count). The number of halogens is 2. The van der Waals surface area contributed by atoms with Crippen molar-refractivity contribution in [3.63, 3.8) is 0 Å². The molecule has 4 nitrogen and oxygen atoms in total. The van der Waals surface area contributed by atoms with E-state index in [4.69, 9.17) is 18.9 Å². The van der Waals surface area contributed by atoms with Crippen molar-refractivity contribution >= 4 is 31.9 Å². The second-order valence-electron chi connectivity index (χ2n) is 4.37. The fourth-order valence-corrected chi connectivity index (χ4v) is 2.61. The Morgan fingerprint density at radius 3 is 2.06 bits per heavy atom. The molecule has 2 heterocycles. The van der Waals surface area contributed by atoms with Gasteiger partial charge in [-0.15, -0.1) is 0 Å². The lowest BCUT2D eigenvalue weighted by Crippen LogP contribution is -2.40. The third-order valence-corrected chi connectivity index (χ3v) is 5.34. The van der Waals surface area contributed by atoms with Crippen LogP contribution in [0.15, 0.2) is 0 Å². The van der Waals surface area contributed by atoms with Crippen LogP contribution in [0.3, 0.4) is 0 Å². The van der Waals surface area contributed by atoms with Crippen molar-refractivity contribution in [2.75, 3.05) is 26.4 Å². The predicted molar refractivity (Wildman–Crippen MR) is 70.7 cm³/mol. The second kappa shape index (κ2) is 6.30. The highest BCUT2D eigenvalue weighted by Gasteiger charge is 2.40. The molecule has 2 fully saturated rings. The zero-order valence-electron chi connectivity index (χ0n) is 9.86. The molecule has 0 aliphatic carbocycles. The Balaban J connectivity index is 1.81. The Kier molecular flexibility index (Phi) is 5.27. The van der Waals surface area contributed by atoms with Gasteiger partial charge in [0.2, 0.25) is 4.70 Å². The first kappa shape index (κ1) is 14.2. The molecular weight excluding hydrogens is 356 g/mol. The molecule has 0 saturated carbocycles. The molecule has 6 heteroatoms. The molecule has 2 aliphatic heterocycles. The smallest absolute Gasteiger partial charge is 0.239 e. The van der Waals surface area contributed by atoms with E-state index >= 15 is 0 Å². The maximum atomic E-state index is 5.81. The summed E-state index contributed by atoms with van der Waals surface area (Å²) in [5.74, 6) is 0. The van der Waals surface area contributed by atoms with Crippen molar-refractivity contribution in [3.8, 4) is 0 Å². The molecular formula is C11H18Br2O4. The van der Waals surface area contributed by atoms with Gasteiger partial charge in [-0.25, -0.2) is 0 Å². The van der Waals surface area contributed by atoms with Crippen molar-refractivity contribution in [2.24, 2.45) is 0 Å². The Labute approximate surface area is 119 Å². The zero-order chi connectivity index (χ0) is 12.3. The van der Waals surface area contributed by atoms with Gasteiger partial charge in [0.1, 0.15) is 12.2 Å². The van der Waals surface area contributed by atoms with Crippen LogP contribution >= 0.6 is 31.9 Å². The van der Waals surface area contributed by atoms with E-state index in [0.29, 0.717) is 13.2 Å².